The molecule has 0 bridgehead atoms. The van der Waals surface area contributed by atoms with Gasteiger partial charge in [-0.15, -0.1) is 0 Å². The smallest absolute Gasteiger partial charge is 0.0107 e. The van der Waals surface area contributed by atoms with Crippen LogP contribution in [0, 0.1) is 5.92 Å². The van der Waals surface area contributed by atoms with Crippen molar-refractivity contribution in [3.05, 3.63) is 12.2 Å². The van der Waals surface area contributed by atoms with E-state index in [1.54, 1.807) is 0 Å². The Hall–Kier alpha value is -0.300. The van der Waals surface area contributed by atoms with Gasteiger partial charge in [0.05, 0.1) is 0 Å². The number of rotatable bonds is 8. The lowest BCUT2D eigenvalue weighted by molar-refractivity contribution is 0.383. The summed E-state index contributed by atoms with van der Waals surface area (Å²) in [5.74, 6) is 0.985. The summed E-state index contributed by atoms with van der Waals surface area (Å²) in [6.07, 6.45) is 10.8. The molecule has 0 saturated heterocycles. The summed E-state index contributed by atoms with van der Waals surface area (Å²) in [7, 11) is 0. The van der Waals surface area contributed by atoms with Gasteiger partial charge < -0.3 is 5.32 Å². The van der Waals surface area contributed by atoms with Crippen LogP contribution in [0.15, 0.2) is 12.2 Å². The van der Waals surface area contributed by atoms with Crippen LogP contribution < -0.4 is 5.32 Å². The van der Waals surface area contributed by atoms with E-state index >= 15 is 0 Å². The molecule has 0 radical (unpaired) electrons. The molecule has 1 atom stereocenters. The molecule has 1 aliphatic carbocycles. The summed E-state index contributed by atoms with van der Waals surface area (Å²) in [5, 5.41) is 3.70. The van der Waals surface area contributed by atoms with Gasteiger partial charge in [0.15, 0.2) is 0 Å². The van der Waals surface area contributed by atoms with E-state index in [1.165, 1.54) is 50.5 Å². The first-order valence-corrected chi connectivity index (χ1v) is 7.16. The molecule has 0 aromatic heterocycles. The molecule has 0 heterocycles. The first kappa shape index (κ1) is 13.8. The third-order valence-corrected chi connectivity index (χ3v) is 3.81. The number of hydrogen-bond acceptors (Lipinski definition) is 1. The number of hydrogen-bond donors (Lipinski definition) is 1. The largest absolute Gasteiger partial charge is 0.314 e. The third-order valence-electron chi connectivity index (χ3n) is 3.81. The van der Waals surface area contributed by atoms with E-state index in [1.807, 2.05) is 0 Å². The fraction of sp³-hybridized carbons (Fsp3) is 0.867. The molecule has 1 fully saturated rings. The number of nitrogens with one attached hydrogen (secondary N) is 1. The zero-order valence-corrected chi connectivity index (χ0v) is 11.2. The quantitative estimate of drug-likeness (QED) is 0.605. The van der Waals surface area contributed by atoms with Crippen LogP contribution >= 0.6 is 0 Å². The summed E-state index contributed by atoms with van der Waals surface area (Å²) < 4.78 is 0. The maximum atomic E-state index is 4.16. The highest BCUT2D eigenvalue weighted by Crippen LogP contribution is 2.29. The van der Waals surface area contributed by atoms with Crippen molar-refractivity contribution in [2.24, 2.45) is 5.92 Å². The summed E-state index contributed by atoms with van der Waals surface area (Å²) in [5.41, 5.74) is 1.41. The molecule has 1 heteroatoms. The maximum Gasteiger partial charge on any atom is 0.0107 e. The van der Waals surface area contributed by atoms with Crippen molar-refractivity contribution < 1.29 is 0 Å². The van der Waals surface area contributed by atoms with Crippen LogP contribution in [-0.4, -0.2) is 12.6 Å². The zero-order valence-electron chi connectivity index (χ0n) is 11.2. The molecule has 0 spiro atoms. The minimum Gasteiger partial charge on any atom is -0.314 e. The van der Waals surface area contributed by atoms with Crippen molar-refractivity contribution in [2.45, 2.75) is 71.3 Å². The van der Waals surface area contributed by atoms with Crippen molar-refractivity contribution in [1.29, 1.82) is 0 Å². The van der Waals surface area contributed by atoms with E-state index in [9.17, 15) is 0 Å². The molecule has 16 heavy (non-hydrogen) atoms. The first-order chi connectivity index (χ1) is 7.76. The van der Waals surface area contributed by atoms with Crippen LogP contribution in [0.25, 0.3) is 0 Å². The average molecular weight is 223 g/mol. The molecule has 0 aliphatic heterocycles. The predicted octanol–water partition coefficient (Wildman–Crippen LogP) is 4.29. The molecular weight excluding hydrogens is 194 g/mol. The molecule has 0 aromatic rings. The summed E-state index contributed by atoms with van der Waals surface area (Å²) in [4.78, 5) is 0. The van der Waals surface area contributed by atoms with E-state index in [0.29, 0.717) is 6.04 Å². The summed E-state index contributed by atoms with van der Waals surface area (Å²) in [6.45, 7) is 9.78. The van der Waals surface area contributed by atoms with Crippen molar-refractivity contribution in [1.82, 2.24) is 5.32 Å². The van der Waals surface area contributed by atoms with E-state index in [-0.39, 0.29) is 0 Å². The van der Waals surface area contributed by atoms with Crippen LogP contribution in [0.5, 0.6) is 0 Å². The molecule has 1 saturated carbocycles. The topological polar surface area (TPSA) is 12.0 Å². The molecule has 1 unspecified atom stereocenters. The Balaban J connectivity index is 2.32. The van der Waals surface area contributed by atoms with Gasteiger partial charge in [0.1, 0.15) is 0 Å². The summed E-state index contributed by atoms with van der Waals surface area (Å²) >= 11 is 0. The molecule has 94 valence electrons. The molecule has 1 N–H and O–H groups in total. The molecular formula is C15H29N. The van der Waals surface area contributed by atoms with E-state index in [0.717, 1.165) is 18.9 Å². The minimum atomic E-state index is 0.690. The summed E-state index contributed by atoms with van der Waals surface area (Å²) in [6, 6.07) is 0.690. The van der Waals surface area contributed by atoms with Gasteiger partial charge in [0.25, 0.3) is 0 Å². The van der Waals surface area contributed by atoms with Gasteiger partial charge in [-0.25, -0.2) is 0 Å². The lowest BCUT2D eigenvalue weighted by atomic mass is 9.93. The monoisotopic (exact) mass is 223 g/mol. The maximum absolute atomic E-state index is 4.16. The van der Waals surface area contributed by atoms with Gasteiger partial charge in [-0.2, -0.15) is 0 Å². The lowest BCUT2D eigenvalue weighted by Gasteiger charge is -2.22. The lowest BCUT2D eigenvalue weighted by Crippen LogP contribution is -2.31. The second-order valence-corrected chi connectivity index (χ2v) is 5.34. The van der Waals surface area contributed by atoms with Crippen molar-refractivity contribution in [3.63, 3.8) is 0 Å². The normalized spacial score (nSPS) is 18.9. The Bertz CT molecular complexity index is 192. The van der Waals surface area contributed by atoms with E-state index in [2.05, 4.69) is 25.7 Å². The fourth-order valence-corrected chi connectivity index (χ4v) is 2.73. The Labute approximate surface area is 102 Å². The zero-order chi connectivity index (χ0) is 11.8. The molecule has 1 rings (SSSR count). The average Bonchev–Trinajstić information content (AvgIpc) is 2.78. The fourth-order valence-electron chi connectivity index (χ4n) is 2.73. The minimum absolute atomic E-state index is 0.690. The van der Waals surface area contributed by atoms with Gasteiger partial charge in [-0.05, 0) is 38.1 Å². The van der Waals surface area contributed by atoms with Crippen LogP contribution in [0.2, 0.25) is 0 Å². The highest BCUT2D eigenvalue weighted by molar-refractivity contribution is 4.97. The van der Waals surface area contributed by atoms with Crippen LogP contribution in [0.4, 0.5) is 0 Å². The Morgan fingerprint density at radius 1 is 1.31 bits per heavy atom. The van der Waals surface area contributed by atoms with Crippen LogP contribution in [0.3, 0.4) is 0 Å². The van der Waals surface area contributed by atoms with Crippen molar-refractivity contribution in [2.75, 3.05) is 6.54 Å². The predicted molar refractivity (Wildman–Crippen MR) is 72.7 cm³/mol. The molecule has 0 amide bonds. The van der Waals surface area contributed by atoms with Crippen LogP contribution in [-0.2, 0) is 0 Å². The van der Waals surface area contributed by atoms with Gasteiger partial charge in [-0.3, -0.25) is 0 Å². The van der Waals surface area contributed by atoms with Crippen molar-refractivity contribution >= 4 is 0 Å². The van der Waals surface area contributed by atoms with E-state index in [4.69, 9.17) is 0 Å². The Morgan fingerprint density at radius 3 is 2.56 bits per heavy atom. The SMILES string of the molecule is C=C(CC)CC(CC1CCCC1)NCCC. The second kappa shape index (κ2) is 7.89. The Morgan fingerprint density at radius 2 is 2.00 bits per heavy atom. The van der Waals surface area contributed by atoms with Gasteiger partial charge in [0.2, 0.25) is 0 Å². The Kier molecular flexibility index (Phi) is 6.79. The molecule has 1 nitrogen and oxygen atoms in total. The van der Waals surface area contributed by atoms with Gasteiger partial charge in [-0.1, -0.05) is 51.7 Å². The molecule has 0 aromatic carbocycles. The standard InChI is InChI=1S/C15H29N/c1-4-10-16-15(11-13(3)5-2)12-14-8-6-7-9-14/h14-16H,3-12H2,1-2H3. The second-order valence-electron chi connectivity index (χ2n) is 5.34. The van der Waals surface area contributed by atoms with Crippen molar-refractivity contribution in [3.8, 4) is 0 Å². The van der Waals surface area contributed by atoms with Gasteiger partial charge >= 0.3 is 0 Å². The first-order valence-electron chi connectivity index (χ1n) is 7.16. The third kappa shape index (κ3) is 5.16. The van der Waals surface area contributed by atoms with Crippen LogP contribution in [0.1, 0.15) is 65.2 Å². The highest BCUT2D eigenvalue weighted by atomic mass is 14.9. The highest BCUT2D eigenvalue weighted by Gasteiger charge is 2.19. The molecule has 1 aliphatic rings. The van der Waals surface area contributed by atoms with Gasteiger partial charge in [0, 0.05) is 6.04 Å². The van der Waals surface area contributed by atoms with E-state index < -0.39 is 0 Å².